The van der Waals surface area contributed by atoms with Crippen LogP contribution in [0.5, 0.6) is 5.88 Å². The third-order valence-electron chi connectivity index (χ3n) is 1.58. The summed E-state index contributed by atoms with van der Waals surface area (Å²) in [7, 11) is 4.05. The molecule has 6 heteroatoms. The predicted molar refractivity (Wildman–Crippen MR) is 63.0 cm³/mol. The zero-order chi connectivity index (χ0) is 10.4. The molecule has 0 radical (unpaired) electrons. The van der Waals surface area contributed by atoms with Crippen molar-refractivity contribution >= 4 is 24.0 Å². The van der Waals surface area contributed by atoms with E-state index in [1.165, 1.54) is 6.20 Å². The molecule has 86 valence electrons. The fourth-order valence-corrected chi connectivity index (χ4v) is 1.09. The molecule has 15 heavy (non-hydrogen) atoms. The lowest BCUT2D eigenvalue weighted by Crippen LogP contribution is -2.15. The van der Waals surface area contributed by atoms with Crippen molar-refractivity contribution in [1.82, 2.24) is 14.9 Å². The first-order chi connectivity index (χ1) is 6.68. The summed E-state index contributed by atoms with van der Waals surface area (Å²) in [6.07, 6.45) is 4.00. The second-order valence-electron chi connectivity index (χ2n) is 3.19. The fourth-order valence-electron chi connectivity index (χ4n) is 0.953. The van der Waals surface area contributed by atoms with E-state index in [1.807, 2.05) is 14.1 Å². The first-order valence-corrected chi connectivity index (χ1v) is 4.81. The van der Waals surface area contributed by atoms with Crippen LogP contribution < -0.4 is 4.74 Å². The van der Waals surface area contributed by atoms with E-state index in [4.69, 9.17) is 16.3 Å². The van der Waals surface area contributed by atoms with Gasteiger partial charge in [-0.1, -0.05) is 11.6 Å². The van der Waals surface area contributed by atoms with Crippen molar-refractivity contribution in [3.8, 4) is 5.88 Å². The first-order valence-electron chi connectivity index (χ1n) is 4.43. The van der Waals surface area contributed by atoms with Gasteiger partial charge in [0, 0.05) is 6.54 Å². The van der Waals surface area contributed by atoms with E-state index in [9.17, 15) is 0 Å². The Kier molecular flexibility index (Phi) is 7.38. The van der Waals surface area contributed by atoms with Crippen molar-refractivity contribution in [2.75, 3.05) is 27.2 Å². The van der Waals surface area contributed by atoms with Gasteiger partial charge in [0.05, 0.1) is 19.0 Å². The second-order valence-corrected chi connectivity index (χ2v) is 3.57. The molecule has 0 aromatic carbocycles. The van der Waals surface area contributed by atoms with Crippen LogP contribution in [0, 0.1) is 0 Å². The maximum Gasteiger partial charge on any atom is 0.233 e. The molecule has 0 fully saturated rings. The Morgan fingerprint density at radius 2 is 2.13 bits per heavy atom. The lowest BCUT2D eigenvalue weighted by atomic mass is 10.4. The van der Waals surface area contributed by atoms with Gasteiger partial charge in [0.25, 0.3) is 0 Å². The summed E-state index contributed by atoms with van der Waals surface area (Å²) in [5.74, 6) is 0.483. The summed E-state index contributed by atoms with van der Waals surface area (Å²) in [6.45, 7) is 1.63. The van der Waals surface area contributed by atoms with E-state index in [2.05, 4.69) is 14.9 Å². The Labute approximate surface area is 101 Å². The molecule has 0 spiro atoms. The summed E-state index contributed by atoms with van der Waals surface area (Å²) >= 11 is 5.65. The minimum atomic E-state index is 0. The zero-order valence-electron chi connectivity index (χ0n) is 8.81. The lowest BCUT2D eigenvalue weighted by molar-refractivity contribution is 0.272. The van der Waals surface area contributed by atoms with Gasteiger partial charge in [0.15, 0.2) is 5.15 Å². The Bertz CT molecular complexity index is 284. The minimum absolute atomic E-state index is 0. The Balaban J connectivity index is 0.00000196. The van der Waals surface area contributed by atoms with Gasteiger partial charge in [-0.05, 0) is 20.5 Å². The van der Waals surface area contributed by atoms with Crippen LogP contribution in [-0.4, -0.2) is 42.1 Å². The standard InChI is InChI=1S/C9H14ClN3O.ClH/c1-13(2)4-3-5-14-9-7-11-6-8(10)12-9;/h6-7H,3-5H2,1-2H3;1H. The second kappa shape index (κ2) is 7.68. The number of hydrogen-bond donors (Lipinski definition) is 0. The molecule has 0 saturated heterocycles. The molecule has 0 aliphatic carbocycles. The van der Waals surface area contributed by atoms with Crippen molar-refractivity contribution < 1.29 is 4.74 Å². The van der Waals surface area contributed by atoms with Crippen LogP contribution >= 0.6 is 24.0 Å². The highest BCUT2D eigenvalue weighted by Crippen LogP contribution is 2.08. The largest absolute Gasteiger partial charge is 0.476 e. The van der Waals surface area contributed by atoms with Gasteiger partial charge < -0.3 is 9.64 Å². The van der Waals surface area contributed by atoms with E-state index < -0.39 is 0 Å². The van der Waals surface area contributed by atoms with Crippen LogP contribution in [-0.2, 0) is 0 Å². The molecule has 4 nitrogen and oxygen atoms in total. The number of ether oxygens (including phenoxy) is 1. The molecular weight excluding hydrogens is 237 g/mol. The molecule has 0 aliphatic rings. The van der Waals surface area contributed by atoms with Gasteiger partial charge in [-0.3, -0.25) is 4.98 Å². The smallest absolute Gasteiger partial charge is 0.233 e. The lowest BCUT2D eigenvalue weighted by Gasteiger charge is -2.09. The van der Waals surface area contributed by atoms with Gasteiger partial charge in [-0.15, -0.1) is 12.4 Å². The monoisotopic (exact) mass is 251 g/mol. The number of halogens is 2. The molecule has 0 aliphatic heterocycles. The topological polar surface area (TPSA) is 38.2 Å². The molecule has 1 aromatic rings. The highest BCUT2D eigenvalue weighted by molar-refractivity contribution is 6.29. The molecule has 0 atom stereocenters. The van der Waals surface area contributed by atoms with Gasteiger partial charge in [-0.2, -0.15) is 4.98 Å². The Hall–Kier alpha value is -0.580. The third-order valence-corrected chi connectivity index (χ3v) is 1.76. The molecule has 0 saturated carbocycles. The molecule has 0 bridgehead atoms. The molecular formula is C9H15Cl2N3O. The summed E-state index contributed by atoms with van der Waals surface area (Å²) in [6, 6.07) is 0. The van der Waals surface area contributed by atoms with E-state index in [0.717, 1.165) is 13.0 Å². The van der Waals surface area contributed by atoms with E-state index in [1.54, 1.807) is 6.20 Å². The average molecular weight is 252 g/mol. The Morgan fingerprint density at radius 1 is 1.40 bits per heavy atom. The number of hydrogen-bond acceptors (Lipinski definition) is 4. The van der Waals surface area contributed by atoms with Crippen molar-refractivity contribution in [1.29, 1.82) is 0 Å². The van der Waals surface area contributed by atoms with Crippen LogP contribution in [0.25, 0.3) is 0 Å². The minimum Gasteiger partial charge on any atom is -0.476 e. The van der Waals surface area contributed by atoms with Crippen molar-refractivity contribution in [2.45, 2.75) is 6.42 Å². The highest BCUT2D eigenvalue weighted by atomic mass is 35.5. The van der Waals surface area contributed by atoms with Crippen molar-refractivity contribution in [3.63, 3.8) is 0 Å². The van der Waals surface area contributed by atoms with Crippen LogP contribution in [0.3, 0.4) is 0 Å². The van der Waals surface area contributed by atoms with E-state index in [0.29, 0.717) is 17.6 Å². The predicted octanol–water partition coefficient (Wildman–Crippen LogP) is 1.88. The molecule has 0 N–H and O–H groups in total. The molecule has 1 rings (SSSR count). The maximum absolute atomic E-state index is 5.65. The number of aromatic nitrogens is 2. The average Bonchev–Trinajstić information content (AvgIpc) is 2.12. The van der Waals surface area contributed by atoms with Crippen LogP contribution in [0.4, 0.5) is 0 Å². The van der Waals surface area contributed by atoms with Crippen molar-refractivity contribution in [2.24, 2.45) is 0 Å². The Morgan fingerprint density at radius 3 is 2.73 bits per heavy atom. The summed E-state index contributed by atoms with van der Waals surface area (Å²) in [4.78, 5) is 9.93. The normalized spacial score (nSPS) is 9.87. The summed E-state index contributed by atoms with van der Waals surface area (Å²) in [5.41, 5.74) is 0. The van der Waals surface area contributed by atoms with Crippen molar-refractivity contribution in [3.05, 3.63) is 17.5 Å². The highest BCUT2D eigenvalue weighted by Gasteiger charge is 1.97. The summed E-state index contributed by atoms with van der Waals surface area (Å²) < 4.78 is 5.35. The van der Waals surface area contributed by atoms with Gasteiger partial charge in [0.1, 0.15) is 0 Å². The maximum atomic E-state index is 5.65. The summed E-state index contributed by atoms with van der Waals surface area (Å²) in [5, 5.41) is 0.357. The quantitative estimate of drug-likeness (QED) is 0.750. The molecule has 0 unspecified atom stereocenters. The molecule has 1 aromatic heterocycles. The third kappa shape index (κ3) is 6.49. The van der Waals surface area contributed by atoms with Crippen LogP contribution in [0.15, 0.2) is 12.4 Å². The number of rotatable bonds is 5. The van der Waals surface area contributed by atoms with E-state index >= 15 is 0 Å². The van der Waals surface area contributed by atoms with Gasteiger partial charge in [0.2, 0.25) is 5.88 Å². The van der Waals surface area contributed by atoms with Crippen LogP contribution in [0.1, 0.15) is 6.42 Å². The van der Waals surface area contributed by atoms with E-state index in [-0.39, 0.29) is 12.4 Å². The van der Waals surface area contributed by atoms with Gasteiger partial charge in [-0.25, -0.2) is 0 Å². The molecule has 1 heterocycles. The first kappa shape index (κ1) is 14.4. The van der Waals surface area contributed by atoms with Crippen LogP contribution in [0.2, 0.25) is 5.15 Å². The molecule has 0 amide bonds. The fraction of sp³-hybridized carbons (Fsp3) is 0.556. The SMILES string of the molecule is CN(C)CCCOc1cncc(Cl)n1.Cl. The van der Waals surface area contributed by atoms with Gasteiger partial charge >= 0.3 is 0 Å². The number of nitrogens with zero attached hydrogens (tertiary/aromatic N) is 3. The zero-order valence-corrected chi connectivity index (χ0v) is 10.4.